The number of alkyl halides is 1. The zero-order valence-electron chi connectivity index (χ0n) is 11.6. The third-order valence-electron chi connectivity index (χ3n) is 3.25. The van der Waals surface area contributed by atoms with Gasteiger partial charge in [0.2, 0.25) is 5.88 Å². The minimum absolute atomic E-state index is 0.479. The number of ether oxygens (including phenoxy) is 1. The molecule has 0 spiro atoms. The lowest BCUT2D eigenvalue weighted by Crippen LogP contribution is -2.07. The van der Waals surface area contributed by atoms with Crippen LogP contribution < -0.4 is 4.74 Å². The molecule has 0 amide bonds. The molecule has 21 heavy (non-hydrogen) atoms. The number of imidazole rings is 1. The molecule has 0 radical (unpaired) electrons. The highest BCUT2D eigenvalue weighted by atomic mass is 35.5. The Bertz CT molecular complexity index is 724. The van der Waals surface area contributed by atoms with Crippen molar-refractivity contribution in [1.29, 1.82) is 0 Å². The lowest BCUT2D eigenvalue weighted by atomic mass is 10.3. The SMILES string of the molecule is COc1ncnc2c1nc(CCCl)n2CCc1ccco1. The Morgan fingerprint density at radius 3 is 2.95 bits per heavy atom. The van der Waals surface area contributed by atoms with Gasteiger partial charge >= 0.3 is 0 Å². The number of rotatable bonds is 6. The first kappa shape index (κ1) is 13.9. The van der Waals surface area contributed by atoms with Crippen molar-refractivity contribution >= 4 is 22.8 Å². The van der Waals surface area contributed by atoms with Gasteiger partial charge in [-0.3, -0.25) is 0 Å². The van der Waals surface area contributed by atoms with Crippen molar-refractivity contribution in [3.05, 3.63) is 36.3 Å². The molecule has 3 rings (SSSR count). The molecule has 0 aliphatic rings. The number of hydrogen-bond donors (Lipinski definition) is 0. The molecular formula is C14H15ClN4O2. The molecule has 110 valence electrons. The van der Waals surface area contributed by atoms with Gasteiger partial charge in [-0.1, -0.05) is 0 Å². The van der Waals surface area contributed by atoms with Crippen LogP contribution in [0.2, 0.25) is 0 Å². The van der Waals surface area contributed by atoms with Crippen LogP contribution in [0.3, 0.4) is 0 Å². The number of fused-ring (bicyclic) bond motifs is 1. The standard InChI is InChI=1S/C14H15ClN4O2/c1-20-14-12-13(16-9-17-14)19(11(18-12)4-6-15)7-5-10-3-2-8-21-10/h2-3,8-9H,4-7H2,1H3. The molecule has 0 N–H and O–H groups in total. The van der Waals surface area contributed by atoms with E-state index in [4.69, 9.17) is 20.8 Å². The predicted octanol–water partition coefficient (Wildman–Crippen LogP) is 2.45. The maximum Gasteiger partial charge on any atom is 0.245 e. The molecule has 0 aliphatic heterocycles. The van der Waals surface area contributed by atoms with E-state index in [-0.39, 0.29) is 0 Å². The zero-order valence-corrected chi connectivity index (χ0v) is 12.4. The van der Waals surface area contributed by atoms with Gasteiger partial charge in [-0.05, 0) is 12.1 Å². The number of halogens is 1. The number of aromatic nitrogens is 4. The highest BCUT2D eigenvalue weighted by Crippen LogP contribution is 2.22. The monoisotopic (exact) mass is 306 g/mol. The van der Waals surface area contributed by atoms with Crippen molar-refractivity contribution in [2.45, 2.75) is 19.4 Å². The fourth-order valence-electron chi connectivity index (χ4n) is 2.30. The van der Waals surface area contributed by atoms with Crippen molar-refractivity contribution in [3.8, 4) is 5.88 Å². The lowest BCUT2D eigenvalue weighted by molar-refractivity contribution is 0.401. The zero-order chi connectivity index (χ0) is 14.7. The number of methoxy groups -OCH3 is 1. The average Bonchev–Trinajstić information content (AvgIpc) is 3.12. The summed E-state index contributed by atoms with van der Waals surface area (Å²) >= 11 is 5.87. The van der Waals surface area contributed by atoms with Crippen LogP contribution in [0.25, 0.3) is 11.2 Å². The van der Waals surface area contributed by atoms with Gasteiger partial charge in [0.1, 0.15) is 17.9 Å². The van der Waals surface area contributed by atoms with Crippen LogP contribution in [-0.2, 0) is 19.4 Å². The molecule has 0 atom stereocenters. The molecule has 7 heteroatoms. The normalized spacial score (nSPS) is 11.1. The fraction of sp³-hybridized carbons (Fsp3) is 0.357. The molecule has 0 saturated heterocycles. The van der Waals surface area contributed by atoms with Gasteiger partial charge in [0.15, 0.2) is 11.2 Å². The molecule has 0 fully saturated rings. The summed E-state index contributed by atoms with van der Waals surface area (Å²) in [5.41, 5.74) is 1.42. The minimum Gasteiger partial charge on any atom is -0.479 e. The molecule has 0 bridgehead atoms. The Morgan fingerprint density at radius 1 is 1.33 bits per heavy atom. The molecule has 0 unspecified atom stereocenters. The number of furan rings is 1. The molecule has 6 nitrogen and oxygen atoms in total. The maximum atomic E-state index is 5.87. The second-order valence-electron chi connectivity index (χ2n) is 4.50. The molecular weight excluding hydrogens is 292 g/mol. The van der Waals surface area contributed by atoms with E-state index in [1.165, 1.54) is 6.33 Å². The molecule has 3 aromatic rings. The van der Waals surface area contributed by atoms with Crippen molar-refractivity contribution in [2.24, 2.45) is 0 Å². The van der Waals surface area contributed by atoms with Gasteiger partial charge in [-0.2, -0.15) is 4.98 Å². The number of aryl methyl sites for hydroxylation is 3. The summed E-state index contributed by atoms with van der Waals surface area (Å²) in [6.07, 6.45) is 4.59. The van der Waals surface area contributed by atoms with Crippen LogP contribution in [0.15, 0.2) is 29.1 Å². The van der Waals surface area contributed by atoms with Gasteiger partial charge in [-0.25, -0.2) is 9.97 Å². The molecule has 0 saturated carbocycles. The smallest absolute Gasteiger partial charge is 0.245 e. The predicted molar refractivity (Wildman–Crippen MR) is 78.7 cm³/mol. The van der Waals surface area contributed by atoms with Crippen molar-refractivity contribution in [3.63, 3.8) is 0 Å². The minimum atomic E-state index is 0.479. The fourth-order valence-corrected chi connectivity index (χ4v) is 2.47. The van der Waals surface area contributed by atoms with Crippen LogP contribution >= 0.6 is 11.6 Å². The van der Waals surface area contributed by atoms with Gasteiger partial charge in [0.25, 0.3) is 0 Å². The van der Waals surface area contributed by atoms with Gasteiger partial charge in [0.05, 0.1) is 13.4 Å². The van der Waals surface area contributed by atoms with Crippen LogP contribution in [0.4, 0.5) is 0 Å². The largest absolute Gasteiger partial charge is 0.479 e. The van der Waals surface area contributed by atoms with Crippen LogP contribution in [-0.4, -0.2) is 32.5 Å². The Hall–Kier alpha value is -2.08. The molecule has 0 aromatic carbocycles. The topological polar surface area (TPSA) is 66.0 Å². The van der Waals surface area contributed by atoms with Gasteiger partial charge in [0, 0.05) is 25.3 Å². The third-order valence-corrected chi connectivity index (χ3v) is 3.44. The number of nitrogens with zero attached hydrogens (tertiary/aromatic N) is 4. The highest BCUT2D eigenvalue weighted by molar-refractivity contribution is 6.17. The summed E-state index contributed by atoms with van der Waals surface area (Å²) in [7, 11) is 1.57. The van der Waals surface area contributed by atoms with E-state index < -0.39 is 0 Å². The van der Waals surface area contributed by atoms with E-state index in [9.17, 15) is 0 Å². The maximum absolute atomic E-state index is 5.87. The summed E-state index contributed by atoms with van der Waals surface area (Å²) in [5.74, 6) is 2.78. The molecule has 3 aromatic heterocycles. The van der Waals surface area contributed by atoms with E-state index in [1.54, 1.807) is 13.4 Å². The van der Waals surface area contributed by atoms with Crippen molar-refractivity contribution < 1.29 is 9.15 Å². The average molecular weight is 307 g/mol. The quantitative estimate of drug-likeness (QED) is 0.654. The third kappa shape index (κ3) is 2.71. The first-order valence-electron chi connectivity index (χ1n) is 6.66. The van der Waals surface area contributed by atoms with E-state index in [0.717, 1.165) is 30.2 Å². The Morgan fingerprint density at radius 2 is 2.24 bits per heavy atom. The summed E-state index contributed by atoms with van der Waals surface area (Å²) in [4.78, 5) is 13.0. The van der Waals surface area contributed by atoms with Crippen LogP contribution in [0, 0.1) is 0 Å². The molecule has 3 heterocycles. The first-order valence-corrected chi connectivity index (χ1v) is 7.19. The van der Waals surface area contributed by atoms with E-state index >= 15 is 0 Å². The van der Waals surface area contributed by atoms with E-state index in [0.29, 0.717) is 23.7 Å². The van der Waals surface area contributed by atoms with Crippen LogP contribution in [0.5, 0.6) is 5.88 Å². The first-order chi connectivity index (χ1) is 10.3. The second-order valence-corrected chi connectivity index (χ2v) is 4.88. The summed E-state index contributed by atoms with van der Waals surface area (Å²) < 4.78 is 12.7. The summed E-state index contributed by atoms with van der Waals surface area (Å²) in [6.45, 7) is 0.719. The number of hydrogen-bond acceptors (Lipinski definition) is 5. The van der Waals surface area contributed by atoms with Crippen molar-refractivity contribution in [2.75, 3.05) is 13.0 Å². The Kier molecular flexibility index (Phi) is 4.06. The Balaban J connectivity index is 1.99. The summed E-state index contributed by atoms with van der Waals surface area (Å²) in [5, 5.41) is 0. The van der Waals surface area contributed by atoms with E-state index in [2.05, 4.69) is 15.0 Å². The van der Waals surface area contributed by atoms with Gasteiger partial charge < -0.3 is 13.7 Å². The molecule has 0 aliphatic carbocycles. The second kappa shape index (κ2) is 6.13. The Labute approximate surface area is 126 Å². The van der Waals surface area contributed by atoms with E-state index in [1.807, 2.05) is 16.7 Å². The van der Waals surface area contributed by atoms with Gasteiger partial charge in [-0.15, -0.1) is 11.6 Å². The van der Waals surface area contributed by atoms with Crippen molar-refractivity contribution in [1.82, 2.24) is 19.5 Å². The summed E-state index contributed by atoms with van der Waals surface area (Å²) in [6, 6.07) is 3.84. The lowest BCUT2D eigenvalue weighted by Gasteiger charge is -2.06. The van der Waals surface area contributed by atoms with Crippen LogP contribution in [0.1, 0.15) is 11.6 Å². The highest BCUT2D eigenvalue weighted by Gasteiger charge is 2.16.